The quantitative estimate of drug-likeness (QED) is 0.265. The number of nitrogens with one attached hydrogen (secondary N) is 1. The van der Waals surface area contributed by atoms with E-state index in [1.54, 1.807) is 78.3 Å². The first-order valence-corrected chi connectivity index (χ1v) is 11.8. The highest BCUT2D eigenvalue weighted by molar-refractivity contribution is 6.30. The molecule has 0 spiro atoms. The SMILES string of the molecule is CCOC(=O)c1cnn2c(-c3cccc(NC(=O)c4ccc(COc5ccc(Cl)cc5)o4)c3)ccnc12. The number of carbonyl (C=O) groups excluding carboxylic acids is 2. The minimum Gasteiger partial charge on any atom is -0.486 e. The van der Waals surface area contributed by atoms with Crippen LogP contribution in [-0.4, -0.2) is 33.1 Å². The lowest BCUT2D eigenvalue weighted by Crippen LogP contribution is -2.11. The highest BCUT2D eigenvalue weighted by Crippen LogP contribution is 2.25. The number of halogens is 1. The minimum atomic E-state index is -0.487. The van der Waals surface area contributed by atoms with Crippen LogP contribution in [0.3, 0.4) is 0 Å². The lowest BCUT2D eigenvalue weighted by atomic mass is 10.1. The number of carbonyl (C=O) groups is 2. The molecule has 37 heavy (non-hydrogen) atoms. The molecular formula is C27H21ClN4O5. The molecule has 0 unspecified atom stereocenters. The van der Waals surface area contributed by atoms with Crippen LogP contribution in [0, 0.1) is 0 Å². The largest absolute Gasteiger partial charge is 0.486 e. The number of aromatic nitrogens is 3. The molecule has 0 atom stereocenters. The van der Waals surface area contributed by atoms with Crippen LogP contribution in [0.5, 0.6) is 5.75 Å². The summed E-state index contributed by atoms with van der Waals surface area (Å²) in [5.41, 5.74) is 2.67. The third-order valence-electron chi connectivity index (χ3n) is 5.39. The zero-order chi connectivity index (χ0) is 25.8. The van der Waals surface area contributed by atoms with Crippen LogP contribution in [0.1, 0.15) is 33.6 Å². The first-order chi connectivity index (χ1) is 18.0. The van der Waals surface area contributed by atoms with Crippen LogP contribution >= 0.6 is 11.6 Å². The standard InChI is InChI=1S/C27H21ClN4O5/c1-2-35-27(34)22-15-30-32-23(12-13-29-25(22)32)17-4-3-5-19(14-17)31-26(33)24-11-10-21(37-24)16-36-20-8-6-18(28)7-9-20/h3-15H,2,16H2,1H3,(H,31,33). The number of furan rings is 1. The number of esters is 1. The van der Waals surface area contributed by atoms with Gasteiger partial charge in [-0.1, -0.05) is 23.7 Å². The molecule has 186 valence electrons. The van der Waals surface area contributed by atoms with Crippen molar-refractivity contribution in [3.8, 4) is 17.0 Å². The number of hydrogen-bond donors (Lipinski definition) is 1. The lowest BCUT2D eigenvalue weighted by Gasteiger charge is -2.08. The van der Waals surface area contributed by atoms with Gasteiger partial charge in [0.25, 0.3) is 5.91 Å². The second-order valence-corrected chi connectivity index (χ2v) is 8.32. The molecule has 3 heterocycles. The second-order valence-electron chi connectivity index (χ2n) is 7.89. The molecule has 1 amide bonds. The fourth-order valence-electron chi connectivity index (χ4n) is 3.67. The van der Waals surface area contributed by atoms with Crippen LogP contribution < -0.4 is 10.1 Å². The zero-order valence-electron chi connectivity index (χ0n) is 19.7. The summed E-state index contributed by atoms with van der Waals surface area (Å²) in [5, 5.41) is 7.78. The number of benzene rings is 2. The molecule has 10 heteroatoms. The molecule has 1 N–H and O–H groups in total. The summed E-state index contributed by atoms with van der Waals surface area (Å²) in [7, 11) is 0. The van der Waals surface area contributed by atoms with Gasteiger partial charge in [0.05, 0.1) is 18.5 Å². The third-order valence-corrected chi connectivity index (χ3v) is 5.64. The number of amides is 1. The van der Waals surface area contributed by atoms with E-state index in [4.69, 9.17) is 25.5 Å². The van der Waals surface area contributed by atoms with E-state index in [1.807, 2.05) is 6.07 Å². The molecule has 0 radical (unpaired) electrons. The normalized spacial score (nSPS) is 10.9. The summed E-state index contributed by atoms with van der Waals surface area (Å²) in [6, 6.07) is 19.3. The Balaban J connectivity index is 1.30. The van der Waals surface area contributed by atoms with E-state index in [2.05, 4.69) is 15.4 Å². The highest BCUT2D eigenvalue weighted by Gasteiger charge is 2.18. The highest BCUT2D eigenvalue weighted by atomic mass is 35.5. The van der Waals surface area contributed by atoms with Crippen molar-refractivity contribution in [2.75, 3.05) is 11.9 Å². The summed E-state index contributed by atoms with van der Waals surface area (Å²) in [6.45, 7) is 2.16. The van der Waals surface area contributed by atoms with Crippen molar-refractivity contribution in [3.63, 3.8) is 0 Å². The summed E-state index contributed by atoms with van der Waals surface area (Å²) in [4.78, 5) is 29.3. The maximum Gasteiger partial charge on any atom is 0.343 e. The third kappa shape index (κ3) is 5.31. The van der Waals surface area contributed by atoms with Crippen molar-refractivity contribution in [2.24, 2.45) is 0 Å². The number of rotatable bonds is 8. The van der Waals surface area contributed by atoms with Gasteiger partial charge in [0.2, 0.25) is 0 Å². The predicted molar refractivity (Wildman–Crippen MR) is 137 cm³/mol. The maximum absolute atomic E-state index is 12.8. The van der Waals surface area contributed by atoms with Gasteiger partial charge in [-0.15, -0.1) is 0 Å². The van der Waals surface area contributed by atoms with E-state index in [0.717, 1.165) is 5.56 Å². The first-order valence-electron chi connectivity index (χ1n) is 11.4. The van der Waals surface area contributed by atoms with Crippen LogP contribution in [0.15, 0.2) is 83.5 Å². The monoisotopic (exact) mass is 516 g/mol. The molecule has 3 aromatic heterocycles. The van der Waals surface area contributed by atoms with Gasteiger partial charge in [-0.05, 0) is 61.5 Å². The van der Waals surface area contributed by atoms with E-state index in [-0.39, 0.29) is 24.5 Å². The number of anilines is 1. The molecule has 0 aliphatic carbocycles. The molecule has 5 aromatic rings. The molecule has 0 aliphatic heterocycles. The Hall–Kier alpha value is -4.63. The Bertz CT molecular complexity index is 1580. The van der Waals surface area contributed by atoms with E-state index in [9.17, 15) is 9.59 Å². The van der Waals surface area contributed by atoms with Crippen LogP contribution in [0.25, 0.3) is 16.9 Å². The molecule has 0 aliphatic rings. The zero-order valence-corrected chi connectivity index (χ0v) is 20.4. The summed E-state index contributed by atoms with van der Waals surface area (Å²) in [6.07, 6.45) is 3.03. The predicted octanol–water partition coefficient (Wildman–Crippen LogP) is 5.65. The van der Waals surface area contributed by atoms with Gasteiger partial charge in [0, 0.05) is 22.5 Å². The molecule has 0 saturated carbocycles. The topological polar surface area (TPSA) is 108 Å². The molecule has 5 rings (SSSR count). The number of fused-ring (bicyclic) bond motifs is 1. The molecule has 0 fully saturated rings. The fourth-order valence-corrected chi connectivity index (χ4v) is 3.80. The Kier molecular flexibility index (Phi) is 6.87. The molecule has 2 aromatic carbocycles. The average molecular weight is 517 g/mol. The fraction of sp³-hybridized carbons (Fsp3) is 0.111. The number of ether oxygens (including phenoxy) is 2. The number of hydrogen-bond acceptors (Lipinski definition) is 7. The van der Waals surface area contributed by atoms with E-state index in [0.29, 0.717) is 33.6 Å². The number of nitrogens with zero attached hydrogens (tertiary/aromatic N) is 3. The Labute approximate surface area is 216 Å². The van der Waals surface area contributed by atoms with Crippen molar-refractivity contribution >= 4 is 34.8 Å². The maximum atomic E-state index is 12.8. The summed E-state index contributed by atoms with van der Waals surface area (Å²) in [5.74, 6) is 0.403. The van der Waals surface area contributed by atoms with Crippen LogP contribution in [0.2, 0.25) is 5.02 Å². The van der Waals surface area contributed by atoms with Gasteiger partial charge < -0.3 is 19.2 Å². The van der Waals surface area contributed by atoms with Crippen molar-refractivity contribution in [2.45, 2.75) is 13.5 Å². The van der Waals surface area contributed by atoms with Crippen molar-refractivity contribution in [1.29, 1.82) is 0 Å². The van der Waals surface area contributed by atoms with Gasteiger partial charge in [-0.25, -0.2) is 14.3 Å². The summed E-state index contributed by atoms with van der Waals surface area (Å²) < 4.78 is 18.0. The lowest BCUT2D eigenvalue weighted by molar-refractivity contribution is 0.0528. The van der Waals surface area contributed by atoms with Crippen molar-refractivity contribution < 1.29 is 23.5 Å². The van der Waals surface area contributed by atoms with Gasteiger partial charge in [0.15, 0.2) is 11.4 Å². The Morgan fingerprint density at radius 3 is 2.73 bits per heavy atom. The van der Waals surface area contributed by atoms with Gasteiger partial charge in [-0.2, -0.15) is 5.10 Å². The molecule has 0 saturated heterocycles. The molecule has 9 nitrogen and oxygen atoms in total. The van der Waals surface area contributed by atoms with Gasteiger partial charge in [0.1, 0.15) is 23.7 Å². The van der Waals surface area contributed by atoms with Crippen LogP contribution in [0.4, 0.5) is 5.69 Å². The second kappa shape index (κ2) is 10.5. The smallest absolute Gasteiger partial charge is 0.343 e. The first kappa shape index (κ1) is 24.1. The van der Waals surface area contributed by atoms with Crippen LogP contribution in [-0.2, 0) is 11.3 Å². The van der Waals surface area contributed by atoms with E-state index in [1.165, 1.54) is 6.20 Å². The van der Waals surface area contributed by atoms with Gasteiger partial charge in [-0.3, -0.25) is 4.79 Å². The summed E-state index contributed by atoms with van der Waals surface area (Å²) >= 11 is 5.88. The Morgan fingerprint density at radius 1 is 1.08 bits per heavy atom. The Morgan fingerprint density at radius 2 is 1.92 bits per heavy atom. The minimum absolute atomic E-state index is 0.151. The van der Waals surface area contributed by atoms with Crippen molar-refractivity contribution in [3.05, 3.63) is 101 Å². The van der Waals surface area contributed by atoms with E-state index >= 15 is 0 Å². The van der Waals surface area contributed by atoms with Gasteiger partial charge >= 0.3 is 5.97 Å². The molecule has 0 bridgehead atoms. The average Bonchev–Trinajstić information content (AvgIpc) is 3.56. The van der Waals surface area contributed by atoms with Crippen molar-refractivity contribution in [1.82, 2.24) is 14.6 Å². The van der Waals surface area contributed by atoms with E-state index < -0.39 is 11.9 Å². The molecular weight excluding hydrogens is 496 g/mol.